The summed E-state index contributed by atoms with van der Waals surface area (Å²) in [5.74, 6) is 0. The van der Waals surface area contributed by atoms with Crippen LogP contribution < -0.4 is 10.7 Å². The molecule has 122 valence electrons. The van der Waals surface area contributed by atoms with Crippen molar-refractivity contribution in [3.05, 3.63) is 75.8 Å². The van der Waals surface area contributed by atoms with Gasteiger partial charge in [-0.15, -0.1) is 0 Å². The Kier molecular flexibility index (Phi) is 5.79. The van der Waals surface area contributed by atoms with Gasteiger partial charge in [-0.05, 0) is 36.8 Å². The van der Waals surface area contributed by atoms with Gasteiger partial charge in [-0.25, -0.2) is 10.2 Å². The van der Waals surface area contributed by atoms with Gasteiger partial charge in [0.2, 0.25) is 0 Å². The number of nitrogens with one attached hydrogen (secondary N) is 2. The van der Waals surface area contributed by atoms with Crippen molar-refractivity contribution in [2.45, 2.75) is 6.92 Å². The Labute approximate surface area is 138 Å². The molecule has 7 nitrogen and oxygen atoms in total. The molecular formula is C17H16N4O3. The van der Waals surface area contributed by atoms with E-state index in [4.69, 9.17) is 0 Å². The Hall–Kier alpha value is -3.48. The molecule has 2 aromatic carbocycles. The van der Waals surface area contributed by atoms with E-state index in [9.17, 15) is 14.9 Å². The predicted molar refractivity (Wildman–Crippen MR) is 94.0 cm³/mol. The Morgan fingerprint density at radius 1 is 1.17 bits per heavy atom. The van der Waals surface area contributed by atoms with Crippen molar-refractivity contribution in [2.24, 2.45) is 5.10 Å². The molecular weight excluding hydrogens is 308 g/mol. The summed E-state index contributed by atoms with van der Waals surface area (Å²) < 4.78 is 0. The van der Waals surface area contributed by atoms with E-state index < -0.39 is 11.0 Å². The number of benzene rings is 2. The van der Waals surface area contributed by atoms with Crippen LogP contribution in [0.25, 0.3) is 6.08 Å². The lowest BCUT2D eigenvalue weighted by atomic mass is 10.2. The molecule has 0 unspecified atom stereocenters. The summed E-state index contributed by atoms with van der Waals surface area (Å²) in [6.07, 6.45) is 4.40. The third kappa shape index (κ3) is 4.77. The molecule has 0 saturated heterocycles. The molecule has 0 fully saturated rings. The predicted octanol–water partition coefficient (Wildman–Crippen LogP) is 3.72. The number of aryl methyl sites for hydroxylation is 1. The van der Waals surface area contributed by atoms with Gasteiger partial charge < -0.3 is 5.32 Å². The summed E-state index contributed by atoms with van der Waals surface area (Å²) >= 11 is 0. The van der Waals surface area contributed by atoms with Crippen molar-refractivity contribution < 1.29 is 9.72 Å². The molecule has 0 aromatic heterocycles. The van der Waals surface area contributed by atoms with Crippen LogP contribution in [0.15, 0.2) is 59.7 Å². The number of amides is 2. The second-order valence-corrected chi connectivity index (χ2v) is 4.83. The normalized spacial score (nSPS) is 10.9. The fraction of sp³-hybridized carbons (Fsp3) is 0.0588. The lowest BCUT2D eigenvalue weighted by molar-refractivity contribution is -0.385. The first-order valence-electron chi connectivity index (χ1n) is 7.13. The molecule has 2 N–H and O–H groups in total. The number of urea groups is 1. The smallest absolute Gasteiger partial charge is 0.306 e. The maximum atomic E-state index is 11.7. The van der Waals surface area contributed by atoms with Crippen LogP contribution in [0.1, 0.15) is 11.1 Å². The standard InChI is InChI=1S/C17H16N4O3/c1-13-7-2-4-10-15(13)19-17(22)20-18-12-6-9-14-8-3-5-11-16(14)21(23)24/h2-12H,1H3,(H2,19,20,22). The van der Waals surface area contributed by atoms with Gasteiger partial charge >= 0.3 is 6.03 Å². The molecule has 0 aliphatic heterocycles. The minimum atomic E-state index is -0.473. The number of rotatable bonds is 5. The van der Waals surface area contributed by atoms with E-state index in [0.717, 1.165) is 5.56 Å². The second kappa shape index (κ2) is 8.23. The summed E-state index contributed by atoms with van der Waals surface area (Å²) in [5.41, 5.74) is 4.41. The number of carbonyl (C=O) groups is 1. The van der Waals surface area contributed by atoms with Gasteiger partial charge in [0.05, 0.1) is 10.5 Å². The zero-order chi connectivity index (χ0) is 17.4. The number of hydrogen-bond acceptors (Lipinski definition) is 4. The van der Waals surface area contributed by atoms with Crippen LogP contribution in [0, 0.1) is 17.0 Å². The van der Waals surface area contributed by atoms with Gasteiger partial charge in [0, 0.05) is 18.0 Å². The Morgan fingerprint density at radius 2 is 1.88 bits per heavy atom. The van der Waals surface area contributed by atoms with E-state index in [-0.39, 0.29) is 5.69 Å². The van der Waals surface area contributed by atoms with Gasteiger partial charge in [0.15, 0.2) is 0 Å². The monoisotopic (exact) mass is 324 g/mol. The second-order valence-electron chi connectivity index (χ2n) is 4.83. The number of hydrogen-bond donors (Lipinski definition) is 2. The van der Waals surface area contributed by atoms with E-state index in [1.165, 1.54) is 18.4 Å². The number of nitrogens with zero attached hydrogens (tertiary/aromatic N) is 2. The van der Waals surface area contributed by atoms with E-state index in [0.29, 0.717) is 11.3 Å². The highest BCUT2D eigenvalue weighted by Crippen LogP contribution is 2.18. The molecule has 2 rings (SSSR count). The Balaban J connectivity index is 1.90. The maximum Gasteiger partial charge on any atom is 0.339 e. The molecule has 2 aromatic rings. The van der Waals surface area contributed by atoms with Crippen LogP contribution in [0.3, 0.4) is 0 Å². The van der Waals surface area contributed by atoms with E-state index in [1.54, 1.807) is 30.3 Å². The number of allylic oxidation sites excluding steroid dienone is 1. The number of hydrazone groups is 1. The highest BCUT2D eigenvalue weighted by atomic mass is 16.6. The van der Waals surface area contributed by atoms with Crippen molar-refractivity contribution in [3.8, 4) is 0 Å². The molecule has 0 atom stereocenters. The first-order valence-corrected chi connectivity index (χ1v) is 7.13. The van der Waals surface area contributed by atoms with Crippen LogP contribution in [-0.2, 0) is 0 Å². The summed E-state index contributed by atoms with van der Waals surface area (Å²) in [7, 11) is 0. The van der Waals surface area contributed by atoms with Crippen LogP contribution in [-0.4, -0.2) is 17.2 Å². The van der Waals surface area contributed by atoms with Crippen molar-refractivity contribution in [1.82, 2.24) is 5.43 Å². The highest BCUT2D eigenvalue weighted by Gasteiger charge is 2.08. The van der Waals surface area contributed by atoms with Gasteiger partial charge in [0.25, 0.3) is 5.69 Å². The van der Waals surface area contributed by atoms with Crippen molar-refractivity contribution in [3.63, 3.8) is 0 Å². The van der Waals surface area contributed by atoms with Crippen LogP contribution >= 0.6 is 0 Å². The Morgan fingerprint density at radius 3 is 2.62 bits per heavy atom. The molecule has 0 radical (unpaired) electrons. The first kappa shape index (κ1) is 16.9. The molecule has 0 bridgehead atoms. The summed E-state index contributed by atoms with van der Waals surface area (Å²) in [6, 6.07) is 13.2. The summed E-state index contributed by atoms with van der Waals surface area (Å²) in [4.78, 5) is 22.1. The average molecular weight is 324 g/mol. The third-order valence-electron chi connectivity index (χ3n) is 3.13. The van der Waals surface area contributed by atoms with Gasteiger partial charge in [-0.2, -0.15) is 5.10 Å². The largest absolute Gasteiger partial charge is 0.339 e. The minimum absolute atomic E-state index is 0.00686. The Bertz CT molecular complexity index is 800. The number of para-hydroxylation sites is 2. The molecule has 7 heteroatoms. The van der Waals surface area contributed by atoms with Gasteiger partial charge in [-0.3, -0.25) is 10.1 Å². The molecule has 0 aliphatic carbocycles. The van der Waals surface area contributed by atoms with Gasteiger partial charge in [0.1, 0.15) is 0 Å². The lowest BCUT2D eigenvalue weighted by Gasteiger charge is -2.06. The minimum Gasteiger partial charge on any atom is -0.306 e. The molecule has 24 heavy (non-hydrogen) atoms. The fourth-order valence-electron chi connectivity index (χ4n) is 1.94. The molecule has 2 amide bonds. The zero-order valence-electron chi connectivity index (χ0n) is 13.0. The number of carbonyl (C=O) groups excluding carboxylic acids is 1. The highest BCUT2D eigenvalue weighted by molar-refractivity contribution is 5.90. The van der Waals surface area contributed by atoms with E-state index >= 15 is 0 Å². The zero-order valence-corrected chi connectivity index (χ0v) is 13.0. The van der Waals surface area contributed by atoms with Crippen molar-refractivity contribution in [1.29, 1.82) is 0 Å². The quantitative estimate of drug-likeness (QED) is 0.498. The molecule has 0 heterocycles. The summed E-state index contributed by atoms with van der Waals surface area (Å²) in [5, 5.41) is 17.3. The van der Waals surface area contributed by atoms with Crippen molar-refractivity contribution in [2.75, 3.05) is 5.32 Å². The van der Waals surface area contributed by atoms with Crippen LogP contribution in [0.4, 0.5) is 16.2 Å². The summed E-state index contributed by atoms with van der Waals surface area (Å²) in [6.45, 7) is 1.88. The molecule has 0 aliphatic rings. The average Bonchev–Trinajstić information content (AvgIpc) is 2.57. The molecule has 0 saturated carbocycles. The van der Waals surface area contributed by atoms with Crippen LogP contribution in [0.5, 0.6) is 0 Å². The fourth-order valence-corrected chi connectivity index (χ4v) is 1.94. The molecule has 0 spiro atoms. The van der Waals surface area contributed by atoms with E-state index in [2.05, 4.69) is 15.8 Å². The first-order chi connectivity index (χ1) is 11.6. The number of nitro benzene ring substituents is 1. The maximum absolute atomic E-state index is 11.7. The van der Waals surface area contributed by atoms with Gasteiger partial charge in [-0.1, -0.05) is 30.3 Å². The lowest BCUT2D eigenvalue weighted by Crippen LogP contribution is -2.24. The number of nitro groups is 1. The third-order valence-corrected chi connectivity index (χ3v) is 3.13. The van der Waals surface area contributed by atoms with Crippen LogP contribution in [0.2, 0.25) is 0 Å². The topological polar surface area (TPSA) is 96.6 Å². The SMILES string of the molecule is Cc1ccccc1NC(=O)NN=CC=Cc1ccccc1[N+](=O)[O-]. The number of anilines is 1. The van der Waals surface area contributed by atoms with E-state index in [1.807, 2.05) is 25.1 Å². The van der Waals surface area contributed by atoms with Crippen molar-refractivity contribution >= 4 is 29.7 Å².